The van der Waals surface area contributed by atoms with Crippen molar-refractivity contribution >= 4 is 22.7 Å². The fourth-order valence-electron chi connectivity index (χ4n) is 1.93. The number of anilines is 1. The minimum Gasteiger partial charge on any atom is -0.376 e. The molecule has 0 aliphatic heterocycles. The number of aryl methyl sites for hydroxylation is 1. The van der Waals surface area contributed by atoms with Crippen molar-refractivity contribution in [2.75, 3.05) is 5.32 Å². The van der Waals surface area contributed by atoms with E-state index in [1.54, 1.807) is 22.2 Å². The summed E-state index contributed by atoms with van der Waals surface area (Å²) in [7, 11) is 0. The molecule has 1 N–H and O–H groups in total. The second-order valence-electron chi connectivity index (χ2n) is 4.95. The average molecular weight is 288 g/mol. The number of nitrogens with zero attached hydrogens (tertiary/aromatic N) is 5. The van der Waals surface area contributed by atoms with Crippen molar-refractivity contribution in [2.24, 2.45) is 0 Å². The first kappa shape index (κ1) is 13.0. The molecule has 0 saturated heterocycles. The van der Waals surface area contributed by atoms with Gasteiger partial charge in [0.15, 0.2) is 0 Å². The highest BCUT2D eigenvalue weighted by Crippen LogP contribution is 2.20. The molecular formula is C13H16N6S. The third-order valence-electron chi connectivity index (χ3n) is 3.00. The first-order valence-electron chi connectivity index (χ1n) is 6.49. The largest absolute Gasteiger partial charge is 0.376 e. The van der Waals surface area contributed by atoms with Crippen LogP contribution in [0.2, 0.25) is 0 Å². The van der Waals surface area contributed by atoms with Crippen LogP contribution in [0.15, 0.2) is 17.8 Å². The van der Waals surface area contributed by atoms with Gasteiger partial charge in [-0.15, -0.1) is 21.5 Å². The molecule has 0 fully saturated rings. The van der Waals surface area contributed by atoms with Crippen molar-refractivity contribution in [1.29, 1.82) is 0 Å². The van der Waals surface area contributed by atoms with Gasteiger partial charge < -0.3 is 5.32 Å². The second kappa shape index (κ2) is 5.16. The monoisotopic (exact) mass is 288 g/mol. The lowest BCUT2D eigenvalue weighted by molar-refractivity contribution is 0.762. The lowest BCUT2D eigenvalue weighted by Crippen LogP contribution is -2.06. The molecule has 0 saturated carbocycles. The first-order chi connectivity index (χ1) is 9.63. The Morgan fingerprint density at radius 3 is 2.95 bits per heavy atom. The average Bonchev–Trinajstić information content (AvgIpc) is 3.04. The van der Waals surface area contributed by atoms with Gasteiger partial charge >= 0.3 is 0 Å². The van der Waals surface area contributed by atoms with Crippen molar-refractivity contribution in [2.45, 2.75) is 33.2 Å². The third-order valence-corrected chi connectivity index (χ3v) is 3.83. The van der Waals surface area contributed by atoms with E-state index in [-0.39, 0.29) is 0 Å². The number of nitrogens with one attached hydrogen (secondary N) is 1. The van der Waals surface area contributed by atoms with Gasteiger partial charge in [-0.25, -0.2) is 4.98 Å². The van der Waals surface area contributed by atoms with Gasteiger partial charge in [-0.2, -0.15) is 9.61 Å². The Bertz CT molecular complexity index is 729. The number of aromatic nitrogens is 5. The Kier molecular flexibility index (Phi) is 3.35. The summed E-state index contributed by atoms with van der Waals surface area (Å²) in [5.41, 5.74) is 3.72. The van der Waals surface area contributed by atoms with E-state index in [0.29, 0.717) is 12.5 Å². The van der Waals surface area contributed by atoms with Gasteiger partial charge in [-0.3, -0.25) is 0 Å². The predicted octanol–water partition coefficient (Wildman–Crippen LogP) is 2.62. The molecule has 0 atom stereocenters. The van der Waals surface area contributed by atoms with E-state index in [2.05, 4.69) is 44.8 Å². The highest BCUT2D eigenvalue weighted by atomic mass is 32.1. The molecule has 0 radical (unpaired) electrons. The summed E-state index contributed by atoms with van der Waals surface area (Å²) in [5.74, 6) is 0.351. The molecule has 3 aromatic rings. The number of fused-ring (bicyclic) bond motifs is 1. The lowest BCUT2D eigenvalue weighted by atomic mass is 10.1. The topological polar surface area (TPSA) is 68.0 Å². The first-order valence-corrected chi connectivity index (χ1v) is 7.37. The molecule has 0 unspecified atom stereocenters. The Morgan fingerprint density at radius 2 is 2.25 bits per heavy atom. The molecule has 0 aromatic carbocycles. The van der Waals surface area contributed by atoms with E-state index in [9.17, 15) is 0 Å². The van der Waals surface area contributed by atoms with Gasteiger partial charge in [0.2, 0.25) is 5.65 Å². The van der Waals surface area contributed by atoms with E-state index in [0.717, 1.165) is 27.7 Å². The van der Waals surface area contributed by atoms with Crippen molar-refractivity contribution in [3.63, 3.8) is 0 Å². The van der Waals surface area contributed by atoms with Crippen molar-refractivity contribution in [1.82, 2.24) is 24.8 Å². The molecule has 7 heteroatoms. The molecule has 6 nitrogen and oxygen atoms in total. The molecule has 0 aliphatic carbocycles. The number of hydrogen-bond acceptors (Lipinski definition) is 6. The minimum atomic E-state index is 0.351. The van der Waals surface area contributed by atoms with E-state index >= 15 is 0 Å². The van der Waals surface area contributed by atoms with Crippen LogP contribution in [0.1, 0.15) is 36.2 Å². The Balaban J connectivity index is 1.91. The third kappa shape index (κ3) is 2.49. The Hall–Kier alpha value is -2.02. The van der Waals surface area contributed by atoms with Crippen LogP contribution in [0.25, 0.3) is 5.65 Å². The summed E-state index contributed by atoms with van der Waals surface area (Å²) in [6, 6.07) is 2.04. The van der Waals surface area contributed by atoms with Gasteiger partial charge in [-0.1, -0.05) is 13.8 Å². The number of hydrogen-bond donors (Lipinski definition) is 1. The van der Waals surface area contributed by atoms with E-state index in [4.69, 9.17) is 0 Å². The summed E-state index contributed by atoms with van der Waals surface area (Å²) < 4.78 is 1.71. The Labute approximate surface area is 120 Å². The van der Waals surface area contributed by atoms with Crippen LogP contribution < -0.4 is 5.32 Å². The maximum absolute atomic E-state index is 4.49. The molecule has 0 bridgehead atoms. The van der Waals surface area contributed by atoms with Crippen LogP contribution in [0, 0.1) is 6.92 Å². The fourth-order valence-corrected chi connectivity index (χ4v) is 2.55. The molecule has 0 aliphatic rings. The summed E-state index contributed by atoms with van der Waals surface area (Å²) in [5, 5.41) is 19.0. The molecule has 104 valence electrons. The summed E-state index contributed by atoms with van der Waals surface area (Å²) in [6.07, 6.45) is 1.62. The molecule has 3 rings (SSSR count). The van der Waals surface area contributed by atoms with Gasteiger partial charge in [0, 0.05) is 5.38 Å². The second-order valence-corrected chi connectivity index (χ2v) is 6.01. The minimum absolute atomic E-state index is 0.351. The van der Waals surface area contributed by atoms with Crippen LogP contribution in [0.3, 0.4) is 0 Å². The predicted molar refractivity (Wildman–Crippen MR) is 79.0 cm³/mol. The molecule has 20 heavy (non-hydrogen) atoms. The number of thiazole rings is 1. The van der Waals surface area contributed by atoms with E-state index < -0.39 is 0 Å². The summed E-state index contributed by atoms with van der Waals surface area (Å²) in [6.45, 7) is 6.92. The van der Waals surface area contributed by atoms with Crippen molar-refractivity contribution in [3.8, 4) is 0 Å². The standard InChI is InChI=1S/C13H16N6S/c1-8(2)11-4-12(13-17-15-7-19(13)18-11)14-5-10-6-20-9(3)16-10/h4,6-8,14H,5H2,1-3H3. The van der Waals surface area contributed by atoms with Crippen LogP contribution in [-0.2, 0) is 6.54 Å². The van der Waals surface area contributed by atoms with Gasteiger partial charge in [0.05, 0.1) is 28.6 Å². The maximum Gasteiger partial charge on any atom is 0.200 e. The smallest absolute Gasteiger partial charge is 0.200 e. The van der Waals surface area contributed by atoms with E-state index in [1.165, 1.54) is 0 Å². The normalized spacial score (nSPS) is 11.4. The van der Waals surface area contributed by atoms with Crippen LogP contribution in [0.5, 0.6) is 0 Å². The van der Waals surface area contributed by atoms with Gasteiger partial charge in [0.25, 0.3) is 0 Å². The SMILES string of the molecule is Cc1nc(CNc2cc(C(C)C)nn3cnnc23)cs1. The van der Waals surface area contributed by atoms with Crippen LogP contribution in [0.4, 0.5) is 5.69 Å². The van der Waals surface area contributed by atoms with E-state index in [1.807, 2.05) is 13.0 Å². The molecule has 3 aromatic heterocycles. The summed E-state index contributed by atoms with van der Waals surface area (Å²) >= 11 is 1.66. The van der Waals surface area contributed by atoms with Crippen LogP contribution in [-0.4, -0.2) is 24.8 Å². The quantitative estimate of drug-likeness (QED) is 0.799. The molecular weight excluding hydrogens is 272 g/mol. The highest BCUT2D eigenvalue weighted by Gasteiger charge is 2.10. The number of rotatable bonds is 4. The maximum atomic E-state index is 4.49. The molecule has 3 heterocycles. The Morgan fingerprint density at radius 1 is 1.40 bits per heavy atom. The zero-order valence-electron chi connectivity index (χ0n) is 11.7. The fraction of sp³-hybridized carbons (Fsp3) is 0.385. The van der Waals surface area contributed by atoms with Crippen molar-refractivity contribution < 1.29 is 0 Å². The van der Waals surface area contributed by atoms with Crippen LogP contribution >= 0.6 is 11.3 Å². The molecule has 0 spiro atoms. The van der Waals surface area contributed by atoms with Crippen molar-refractivity contribution in [3.05, 3.63) is 34.2 Å². The lowest BCUT2D eigenvalue weighted by Gasteiger charge is -2.10. The highest BCUT2D eigenvalue weighted by molar-refractivity contribution is 7.09. The molecule has 0 amide bonds. The summed E-state index contributed by atoms with van der Waals surface area (Å²) in [4.78, 5) is 4.45. The van der Waals surface area contributed by atoms with Gasteiger partial charge in [-0.05, 0) is 18.9 Å². The zero-order chi connectivity index (χ0) is 14.1. The zero-order valence-corrected chi connectivity index (χ0v) is 12.5. The van der Waals surface area contributed by atoms with Gasteiger partial charge in [0.1, 0.15) is 6.33 Å².